The summed E-state index contributed by atoms with van der Waals surface area (Å²) < 4.78 is 2.14. The summed E-state index contributed by atoms with van der Waals surface area (Å²) in [6.07, 6.45) is 3.04. The fraction of sp³-hybridized carbons (Fsp3) is 0.471. The lowest BCUT2D eigenvalue weighted by atomic mass is 10.0. The fourth-order valence-corrected chi connectivity index (χ4v) is 2.31. The van der Waals surface area contributed by atoms with Crippen molar-refractivity contribution < 1.29 is 0 Å². The Morgan fingerprint density at radius 1 is 1.24 bits per heavy atom. The van der Waals surface area contributed by atoms with E-state index in [1.54, 1.807) is 0 Å². The summed E-state index contributed by atoms with van der Waals surface area (Å²) in [7, 11) is 2.08. The van der Waals surface area contributed by atoms with Crippen molar-refractivity contribution in [1.29, 1.82) is 0 Å². The number of anilines is 1. The van der Waals surface area contributed by atoms with Crippen LogP contribution >= 0.6 is 0 Å². The van der Waals surface area contributed by atoms with Crippen LogP contribution in [0.3, 0.4) is 0 Å². The molecule has 2 rings (SSSR count). The highest BCUT2D eigenvalue weighted by Gasteiger charge is 2.14. The topological polar surface area (TPSA) is 47.1 Å². The molecule has 0 bridgehead atoms. The Morgan fingerprint density at radius 3 is 2.52 bits per heavy atom. The predicted molar refractivity (Wildman–Crippen MR) is 89.0 cm³/mol. The van der Waals surface area contributed by atoms with E-state index < -0.39 is 0 Å². The normalized spacial score (nSPS) is 12.7. The zero-order chi connectivity index (χ0) is 15.4. The molecule has 0 fully saturated rings. The van der Waals surface area contributed by atoms with Crippen LogP contribution in [0.25, 0.3) is 5.69 Å². The molecule has 114 valence electrons. The maximum absolute atomic E-state index is 6.14. The Morgan fingerprint density at radius 2 is 1.90 bits per heavy atom. The van der Waals surface area contributed by atoms with E-state index in [2.05, 4.69) is 53.7 Å². The lowest BCUT2D eigenvalue weighted by Gasteiger charge is -2.23. The second-order valence-electron chi connectivity index (χ2n) is 6.01. The van der Waals surface area contributed by atoms with Crippen LogP contribution in [0, 0.1) is 12.8 Å². The lowest BCUT2D eigenvalue weighted by molar-refractivity contribution is 0.465. The molecule has 0 aliphatic heterocycles. The minimum Gasteiger partial charge on any atom is -0.345 e. The molecule has 2 N–H and O–H groups in total. The third-order valence-corrected chi connectivity index (χ3v) is 3.84. The molecule has 1 aromatic heterocycles. The molecule has 0 spiro atoms. The minimum absolute atomic E-state index is 0.230. The van der Waals surface area contributed by atoms with E-state index in [9.17, 15) is 0 Å². The van der Waals surface area contributed by atoms with E-state index in [1.807, 2.05) is 25.1 Å². The van der Waals surface area contributed by atoms with Gasteiger partial charge in [-0.15, -0.1) is 0 Å². The summed E-state index contributed by atoms with van der Waals surface area (Å²) in [5, 5.41) is 0. The molecular formula is C17H26N4. The standard InChI is InChI=1S/C17H26N4/c1-13(2)16(18)10-11-20(4)17-19-14(3)12-21(17)15-8-6-5-7-9-15/h5-9,12-13,16H,10-11,18H2,1-4H3. The molecule has 0 radical (unpaired) electrons. The van der Waals surface area contributed by atoms with Crippen LogP contribution in [0.4, 0.5) is 5.95 Å². The van der Waals surface area contributed by atoms with Crippen LogP contribution in [-0.4, -0.2) is 29.2 Å². The smallest absolute Gasteiger partial charge is 0.210 e. The van der Waals surface area contributed by atoms with Crippen molar-refractivity contribution in [2.45, 2.75) is 33.2 Å². The molecule has 2 aromatic rings. The molecule has 4 nitrogen and oxygen atoms in total. The number of nitrogens with zero attached hydrogens (tertiary/aromatic N) is 3. The number of hydrogen-bond acceptors (Lipinski definition) is 3. The summed E-state index contributed by atoms with van der Waals surface area (Å²) in [6, 6.07) is 10.5. The summed E-state index contributed by atoms with van der Waals surface area (Å²) in [4.78, 5) is 6.84. The van der Waals surface area contributed by atoms with Crippen molar-refractivity contribution in [3.05, 3.63) is 42.2 Å². The van der Waals surface area contributed by atoms with Crippen molar-refractivity contribution >= 4 is 5.95 Å². The average Bonchev–Trinajstić information content (AvgIpc) is 2.87. The second kappa shape index (κ2) is 6.76. The Bertz CT molecular complexity index is 559. The molecule has 4 heteroatoms. The number of aryl methyl sites for hydroxylation is 1. The van der Waals surface area contributed by atoms with Gasteiger partial charge in [-0.3, -0.25) is 4.57 Å². The monoisotopic (exact) mass is 286 g/mol. The molecule has 0 saturated heterocycles. The number of benzene rings is 1. The van der Waals surface area contributed by atoms with Crippen molar-refractivity contribution in [2.75, 3.05) is 18.5 Å². The van der Waals surface area contributed by atoms with Crippen molar-refractivity contribution in [1.82, 2.24) is 9.55 Å². The van der Waals surface area contributed by atoms with Crippen LogP contribution in [-0.2, 0) is 0 Å². The van der Waals surface area contributed by atoms with Crippen molar-refractivity contribution in [3.8, 4) is 5.69 Å². The van der Waals surface area contributed by atoms with Gasteiger partial charge in [0.25, 0.3) is 0 Å². The molecular weight excluding hydrogens is 260 g/mol. The lowest BCUT2D eigenvalue weighted by Crippen LogP contribution is -2.32. The average molecular weight is 286 g/mol. The van der Waals surface area contributed by atoms with E-state index in [-0.39, 0.29) is 6.04 Å². The molecule has 0 saturated carbocycles. The maximum atomic E-state index is 6.14. The zero-order valence-corrected chi connectivity index (χ0v) is 13.5. The summed E-state index contributed by atoms with van der Waals surface area (Å²) in [5.41, 5.74) is 8.30. The zero-order valence-electron chi connectivity index (χ0n) is 13.5. The van der Waals surface area contributed by atoms with Crippen LogP contribution in [0.2, 0.25) is 0 Å². The van der Waals surface area contributed by atoms with Gasteiger partial charge < -0.3 is 10.6 Å². The molecule has 0 aliphatic carbocycles. The van der Waals surface area contributed by atoms with E-state index in [4.69, 9.17) is 5.73 Å². The van der Waals surface area contributed by atoms with Gasteiger partial charge >= 0.3 is 0 Å². The minimum atomic E-state index is 0.230. The maximum Gasteiger partial charge on any atom is 0.210 e. The van der Waals surface area contributed by atoms with E-state index >= 15 is 0 Å². The Hall–Kier alpha value is -1.81. The highest BCUT2D eigenvalue weighted by molar-refractivity contribution is 5.44. The first-order valence-electron chi connectivity index (χ1n) is 7.57. The molecule has 1 heterocycles. The number of rotatable bonds is 6. The molecule has 1 atom stereocenters. The summed E-state index contributed by atoms with van der Waals surface area (Å²) in [6.45, 7) is 7.26. The summed E-state index contributed by atoms with van der Waals surface area (Å²) >= 11 is 0. The molecule has 1 unspecified atom stereocenters. The van der Waals surface area contributed by atoms with Gasteiger partial charge in [-0.25, -0.2) is 4.98 Å². The van der Waals surface area contributed by atoms with Gasteiger partial charge in [-0.1, -0.05) is 32.0 Å². The van der Waals surface area contributed by atoms with Gasteiger partial charge in [0.2, 0.25) is 5.95 Å². The molecule has 0 aliphatic rings. The fourth-order valence-electron chi connectivity index (χ4n) is 2.31. The van der Waals surface area contributed by atoms with Gasteiger partial charge in [0.15, 0.2) is 0 Å². The second-order valence-corrected chi connectivity index (χ2v) is 6.01. The van der Waals surface area contributed by atoms with Crippen molar-refractivity contribution in [3.63, 3.8) is 0 Å². The number of hydrogen-bond donors (Lipinski definition) is 1. The number of nitrogens with two attached hydrogens (primary N) is 1. The van der Waals surface area contributed by atoms with E-state index in [0.717, 1.165) is 30.3 Å². The van der Waals surface area contributed by atoms with Gasteiger partial charge in [-0.2, -0.15) is 0 Å². The first-order chi connectivity index (χ1) is 9.99. The number of aromatic nitrogens is 2. The first kappa shape index (κ1) is 15.6. The third kappa shape index (κ3) is 3.85. The van der Waals surface area contributed by atoms with Gasteiger partial charge in [0.1, 0.15) is 0 Å². The van der Waals surface area contributed by atoms with Crippen molar-refractivity contribution in [2.24, 2.45) is 11.7 Å². The predicted octanol–water partition coefficient (Wildman–Crippen LogP) is 2.99. The first-order valence-corrected chi connectivity index (χ1v) is 7.57. The Labute approximate surface area is 127 Å². The Kier molecular flexibility index (Phi) is 5.02. The summed E-state index contributed by atoms with van der Waals surface area (Å²) in [5.74, 6) is 1.48. The quantitative estimate of drug-likeness (QED) is 0.888. The number of imidazole rings is 1. The molecule has 1 aromatic carbocycles. The van der Waals surface area contributed by atoms with Crippen LogP contribution in [0.15, 0.2) is 36.5 Å². The number of para-hydroxylation sites is 1. The van der Waals surface area contributed by atoms with Gasteiger partial charge in [0, 0.05) is 31.5 Å². The van der Waals surface area contributed by atoms with Crippen LogP contribution in [0.1, 0.15) is 26.0 Å². The largest absolute Gasteiger partial charge is 0.345 e. The van der Waals surface area contributed by atoms with E-state index in [1.165, 1.54) is 0 Å². The Balaban J connectivity index is 2.16. The van der Waals surface area contributed by atoms with E-state index in [0.29, 0.717) is 5.92 Å². The van der Waals surface area contributed by atoms with Crippen LogP contribution in [0.5, 0.6) is 0 Å². The highest BCUT2D eigenvalue weighted by Crippen LogP contribution is 2.19. The highest BCUT2D eigenvalue weighted by atomic mass is 15.3. The molecule has 21 heavy (non-hydrogen) atoms. The van der Waals surface area contributed by atoms with Crippen LogP contribution < -0.4 is 10.6 Å². The molecule has 0 amide bonds. The third-order valence-electron chi connectivity index (χ3n) is 3.84. The van der Waals surface area contributed by atoms with Gasteiger partial charge in [-0.05, 0) is 31.4 Å². The SMILES string of the molecule is Cc1cn(-c2ccccc2)c(N(C)CCC(N)C(C)C)n1. The van der Waals surface area contributed by atoms with Gasteiger partial charge in [0.05, 0.1) is 5.69 Å².